The second-order valence-corrected chi connectivity index (χ2v) is 6.65. The van der Waals surface area contributed by atoms with Crippen molar-refractivity contribution in [2.24, 2.45) is 0 Å². The first-order chi connectivity index (χ1) is 11.8. The summed E-state index contributed by atoms with van der Waals surface area (Å²) in [6.45, 7) is 2.02. The topological polar surface area (TPSA) is 36.4 Å². The van der Waals surface area contributed by atoms with Crippen LogP contribution in [0.15, 0.2) is 54.7 Å². The average molecular weight is 339 g/mol. The second kappa shape index (κ2) is 6.42. The fourth-order valence-corrected chi connectivity index (χ4v) is 3.86. The van der Waals surface area contributed by atoms with Gasteiger partial charge in [-0.25, -0.2) is 0 Å². The summed E-state index contributed by atoms with van der Waals surface area (Å²) < 4.78 is 0. The Kier molecular flexibility index (Phi) is 4.13. The molecule has 24 heavy (non-hydrogen) atoms. The van der Waals surface area contributed by atoms with Crippen molar-refractivity contribution in [1.29, 1.82) is 0 Å². The summed E-state index contributed by atoms with van der Waals surface area (Å²) in [7, 11) is 0. The number of pyridine rings is 1. The van der Waals surface area contributed by atoms with E-state index in [1.54, 1.807) is 6.20 Å². The molecule has 1 aliphatic heterocycles. The standard InChI is InChI=1S/C20H19ClN2O/c21-17-8-2-1-7-15(17)19(23-12-3-4-13-23)16-10-9-14-6-5-11-22-18(14)20(16)24/h1-2,5-11,19,24H,3-4,12-13H2/t19-/m0/s1. The first-order valence-electron chi connectivity index (χ1n) is 8.31. The molecule has 1 aliphatic rings. The molecule has 1 aromatic heterocycles. The van der Waals surface area contributed by atoms with E-state index in [1.165, 1.54) is 12.8 Å². The highest BCUT2D eigenvalue weighted by Crippen LogP contribution is 2.41. The van der Waals surface area contributed by atoms with Crippen LogP contribution < -0.4 is 0 Å². The number of phenolic OH excluding ortho intramolecular Hbond substituents is 1. The normalized spacial score (nSPS) is 16.5. The maximum Gasteiger partial charge on any atom is 0.146 e. The number of hydrogen-bond acceptors (Lipinski definition) is 3. The zero-order valence-electron chi connectivity index (χ0n) is 13.3. The molecule has 0 bridgehead atoms. The van der Waals surface area contributed by atoms with Crippen LogP contribution in [0.3, 0.4) is 0 Å². The van der Waals surface area contributed by atoms with Gasteiger partial charge in [0.05, 0.1) is 6.04 Å². The van der Waals surface area contributed by atoms with Gasteiger partial charge in [0, 0.05) is 22.2 Å². The van der Waals surface area contributed by atoms with Crippen LogP contribution in [0.5, 0.6) is 5.75 Å². The minimum atomic E-state index is -0.0485. The number of rotatable bonds is 3. The molecule has 1 atom stereocenters. The quantitative estimate of drug-likeness (QED) is 0.746. The van der Waals surface area contributed by atoms with Crippen molar-refractivity contribution in [3.05, 3.63) is 70.9 Å². The monoisotopic (exact) mass is 338 g/mol. The lowest BCUT2D eigenvalue weighted by molar-refractivity contribution is 0.276. The van der Waals surface area contributed by atoms with Crippen LogP contribution in [0.1, 0.15) is 30.0 Å². The predicted molar refractivity (Wildman–Crippen MR) is 97.5 cm³/mol. The predicted octanol–water partition coefficient (Wildman–Crippen LogP) is 4.78. The van der Waals surface area contributed by atoms with Gasteiger partial charge in [0.15, 0.2) is 0 Å². The van der Waals surface area contributed by atoms with Crippen molar-refractivity contribution < 1.29 is 5.11 Å². The van der Waals surface area contributed by atoms with E-state index in [0.717, 1.165) is 34.6 Å². The molecule has 0 amide bonds. The molecule has 3 aromatic rings. The van der Waals surface area contributed by atoms with Crippen molar-refractivity contribution in [1.82, 2.24) is 9.88 Å². The lowest BCUT2D eigenvalue weighted by Crippen LogP contribution is -2.27. The van der Waals surface area contributed by atoms with Crippen LogP contribution in [0.2, 0.25) is 5.02 Å². The van der Waals surface area contributed by atoms with Gasteiger partial charge in [0.1, 0.15) is 11.3 Å². The lowest BCUT2D eigenvalue weighted by Gasteiger charge is -2.29. The molecule has 0 aliphatic carbocycles. The third-order valence-electron chi connectivity index (χ3n) is 4.78. The number of likely N-dealkylation sites (tertiary alicyclic amines) is 1. The molecule has 122 valence electrons. The number of aromatic hydroxyl groups is 1. The van der Waals surface area contributed by atoms with Gasteiger partial charge >= 0.3 is 0 Å². The fourth-order valence-electron chi connectivity index (χ4n) is 3.62. The number of nitrogens with zero attached hydrogens (tertiary/aromatic N) is 2. The van der Waals surface area contributed by atoms with E-state index in [9.17, 15) is 5.11 Å². The van der Waals surface area contributed by atoms with Crippen LogP contribution in [-0.4, -0.2) is 28.1 Å². The summed E-state index contributed by atoms with van der Waals surface area (Å²) in [5, 5.41) is 12.6. The summed E-state index contributed by atoms with van der Waals surface area (Å²) in [5.41, 5.74) is 2.55. The largest absolute Gasteiger partial charge is 0.505 e. The molecule has 0 spiro atoms. The van der Waals surface area contributed by atoms with Crippen LogP contribution in [0.25, 0.3) is 10.9 Å². The smallest absolute Gasteiger partial charge is 0.146 e. The van der Waals surface area contributed by atoms with E-state index in [2.05, 4.69) is 9.88 Å². The maximum atomic E-state index is 10.9. The fraction of sp³-hybridized carbons (Fsp3) is 0.250. The Morgan fingerprint density at radius 2 is 1.75 bits per heavy atom. The Bertz CT molecular complexity index is 874. The second-order valence-electron chi connectivity index (χ2n) is 6.25. The summed E-state index contributed by atoms with van der Waals surface area (Å²) in [6.07, 6.45) is 4.06. The van der Waals surface area contributed by atoms with Crippen LogP contribution in [0.4, 0.5) is 0 Å². The van der Waals surface area contributed by atoms with E-state index in [0.29, 0.717) is 5.52 Å². The molecule has 1 N–H and O–H groups in total. The molecule has 1 saturated heterocycles. The Hall–Kier alpha value is -2.10. The summed E-state index contributed by atoms with van der Waals surface area (Å²) in [6, 6.07) is 15.7. The van der Waals surface area contributed by atoms with Crippen LogP contribution >= 0.6 is 11.6 Å². The van der Waals surface area contributed by atoms with Crippen LogP contribution in [-0.2, 0) is 0 Å². The summed E-state index contributed by atoms with van der Waals surface area (Å²) in [4.78, 5) is 6.76. The molecule has 0 saturated carbocycles. The zero-order chi connectivity index (χ0) is 16.5. The Balaban J connectivity index is 1.91. The number of benzene rings is 2. The van der Waals surface area contributed by atoms with E-state index >= 15 is 0 Å². The van der Waals surface area contributed by atoms with Crippen molar-refractivity contribution in [3.63, 3.8) is 0 Å². The highest BCUT2D eigenvalue weighted by molar-refractivity contribution is 6.31. The van der Waals surface area contributed by atoms with E-state index in [4.69, 9.17) is 11.6 Å². The van der Waals surface area contributed by atoms with Gasteiger partial charge in [0.2, 0.25) is 0 Å². The molecule has 2 heterocycles. The SMILES string of the molecule is Oc1c([C@H](c2ccccc2Cl)N2CCCC2)ccc2cccnc12. The summed E-state index contributed by atoms with van der Waals surface area (Å²) in [5.74, 6) is 0.255. The van der Waals surface area contributed by atoms with E-state index in [1.807, 2.05) is 48.5 Å². The van der Waals surface area contributed by atoms with Gasteiger partial charge in [-0.3, -0.25) is 9.88 Å². The van der Waals surface area contributed by atoms with Gasteiger partial charge < -0.3 is 5.11 Å². The van der Waals surface area contributed by atoms with E-state index in [-0.39, 0.29) is 11.8 Å². The van der Waals surface area contributed by atoms with Gasteiger partial charge in [-0.2, -0.15) is 0 Å². The molecule has 4 rings (SSSR count). The highest BCUT2D eigenvalue weighted by Gasteiger charge is 2.29. The number of fused-ring (bicyclic) bond motifs is 1. The van der Waals surface area contributed by atoms with Crippen molar-refractivity contribution >= 4 is 22.5 Å². The van der Waals surface area contributed by atoms with Crippen LogP contribution in [0, 0.1) is 0 Å². The summed E-state index contributed by atoms with van der Waals surface area (Å²) >= 11 is 6.49. The Morgan fingerprint density at radius 3 is 2.54 bits per heavy atom. The lowest BCUT2D eigenvalue weighted by atomic mass is 9.95. The number of aromatic nitrogens is 1. The zero-order valence-corrected chi connectivity index (χ0v) is 14.1. The molecule has 0 radical (unpaired) electrons. The van der Waals surface area contributed by atoms with Gasteiger partial charge in [-0.05, 0) is 43.6 Å². The molecule has 1 fully saturated rings. The van der Waals surface area contributed by atoms with Gasteiger partial charge in [-0.15, -0.1) is 0 Å². The van der Waals surface area contributed by atoms with Gasteiger partial charge in [-0.1, -0.05) is 48.0 Å². The Morgan fingerprint density at radius 1 is 0.958 bits per heavy atom. The first kappa shape index (κ1) is 15.4. The minimum absolute atomic E-state index is 0.0485. The third-order valence-corrected chi connectivity index (χ3v) is 5.12. The average Bonchev–Trinajstić information content (AvgIpc) is 3.13. The molecular formula is C20H19ClN2O. The molecule has 4 heteroatoms. The highest BCUT2D eigenvalue weighted by atomic mass is 35.5. The van der Waals surface area contributed by atoms with Gasteiger partial charge in [0.25, 0.3) is 0 Å². The Labute approximate surface area is 146 Å². The van der Waals surface area contributed by atoms with E-state index < -0.39 is 0 Å². The molecule has 2 aromatic carbocycles. The first-order valence-corrected chi connectivity index (χ1v) is 8.68. The van der Waals surface area contributed by atoms with Crippen molar-refractivity contribution in [3.8, 4) is 5.75 Å². The molecular weight excluding hydrogens is 320 g/mol. The number of phenols is 1. The molecule has 3 nitrogen and oxygen atoms in total. The third kappa shape index (κ3) is 2.64. The minimum Gasteiger partial charge on any atom is -0.505 e. The van der Waals surface area contributed by atoms with Crippen molar-refractivity contribution in [2.45, 2.75) is 18.9 Å². The van der Waals surface area contributed by atoms with Crippen molar-refractivity contribution in [2.75, 3.05) is 13.1 Å². The number of halogens is 1. The molecule has 0 unspecified atom stereocenters. The number of hydrogen-bond donors (Lipinski definition) is 1. The maximum absolute atomic E-state index is 10.9.